The number of amides is 2. The molecule has 0 atom stereocenters. The van der Waals surface area contributed by atoms with E-state index in [1.165, 1.54) is 0 Å². The average molecular weight is 208 g/mol. The summed E-state index contributed by atoms with van der Waals surface area (Å²) in [6.07, 6.45) is 0.236. The molecule has 0 heterocycles. The molecule has 0 radical (unpaired) electrons. The Hall–Kier alpha value is -1.22. The molecule has 82 valence electrons. The maximum Gasteiger partial charge on any atom is 0.273 e. The minimum atomic E-state index is -0.887. The lowest BCUT2D eigenvalue weighted by atomic mass is 10.2. The van der Waals surface area contributed by atoms with E-state index >= 15 is 0 Å². The van der Waals surface area contributed by atoms with Crippen LogP contribution in [0, 0.1) is 0 Å². The molecule has 8 heteroatoms. The first-order valence-corrected chi connectivity index (χ1v) is 3.86. The summed E-state index contributed by atoms with van der Waals surface area (Å²) in [5.41, 5.74) is 0. The Morgan fingerprint density at radius 2 is 1.07 bits per heavy atom. The van der Waals surface area contributed by atoms with E-state index in [0.717, 1.165) is 0 Å². The van der Waals surface area contributed by atoms with E-state index in [2.05, 4.69) is 0 Å². The van der Waals surface area contributed by atoms with Gasteiger partial charge in [0.05, 0.1) is 0 Å². The summed E-state index contributed by atoms with van der Waals surface area (Å²) in [6.45, 7) is 0. The largest absolute Gasteiger partial charge is 0.273 e. The van der Waals surface area contributed by atoms with Gasteiger partial charge in [-0.25, -0.2) is 0 Å². The number of hydroxylamine groups is 4. The molecule has 0 unspecified atom stereocenters. The minimum absolute atomic E-state index is 0.128. The molecule has 0 aromatic heterocycles. The Morgan fingerprint density at radius 3 is 1.29 bits per heavy atom. The lowest BCUT2D eigenvalue weighted by Gasteiger charge is -2.06. The second-order valence-corrected chi connectivity index (χ2v) is 2.57. The maximum atomic E-state index is 10.6. The second-order valence-electron chi connectivity index (χ2n) is 2.57. The van der Waals surface area contributed by atoms with Crippen molar-refractivity contribution in [2.75, 3.05) is 0 Å². The maximum absolute atomic E-state index is 10.6. The normalized spacial score (nSPS) is 9.71. The van der Waals surface area contributed by atoms with E-state index in [1.807, 2.05) is 0 Å². The predicted octanol–water partition coefficient (Wildman–Crippen LogP) is -0.239. The van der Waals surface area contributed by atoms with Crippen molar-refractivity contribution in [1.29, 1.82) is 0 Å². The number of carbonyl (C=O) groups is 2. The number of rotatable bonds is 5. The van der Waals surface area contributed by atoms with Gasteiger partial charge in [0.2, 0.25) is 0 Å². The van der Waals surface area contributed by atoms with E-state index < -0.39 is 22.3 Å². The van der Waals surface area contributed by atoms with Gasteiger partial charge < -0.3 is 0 Å². The van der Waals surface area contributed by atoms with Gasteiger partial charge in [-0.05, 0) is 12.8 Å². The topological polar surface area (TPSA) is 122 Å². The first-order chi connectivity index (χ1) is 6.45. The summed E-state index contributed by atoms with van der Waals surface area (Å²) < 4.78 is 0. The summed E-state index contributed by atoms with van der Waals surface area (Å²) in [6, 6.07) is 0. The highest BCUT2D eigenvalue weighted by molar-refractivity contribution is 5.74. The molecule has 0 aromatic rings. The third-order valence-electron chi connectivity index (χ3n) is 1.48. The molecule has 2 amide bonds. The van der Waals surface area contributed by atoms with Gasteiger partial charge in [-0.2, -0.15) is 0 Å². The van der Waals surface area contributed by atoms with E-state index in [9.17, 15) is 9.59 Å². The van der Waals surface area contributed by atoms with Crippen molar-refractivity contribution in [2.45, 2.75) is 25.7 Å². The zero-order valence-corrected chi connectivity index (χ0v) is 7.33. The second kappa shape index (κ2) is 6.27. The van der Waals surface area contributed by atoms with Crippen LogP contribution < -0.4 is 0 Å². The highest BCUT2D eigenvalue weighted by atomic mass is 16.8. The summed E-state index contributed by atoms with van der Waals surface area (Å²) in [5.74, 6) is -1.77. The molecule has 0 aliphatic carbocycles. The molecule has 0 saturated heterocycles. The van der Waals surface area contributed by atoms with Crippen LogP contribution in [0.2, 0.25) is 0 Å². The first kappa shape index (κ1) is 12.8. The Kier molecular flexibility index (Phi) is 5.72. The standard InChI is InChI=1S/C6H12N2O6/c9-5(7(11)12)3-1-2-4-6(10)8(13)14/h11-14H,1-4H2. The lowest BCUT2D eigenvalue weighted by Crippen LogP contribution is -2.24. The molecule has 0 saturated carbocycles. The van der Waals surface area contributed by atoms with Crippen molar-refractivity contribution in [3.63, 3.8) is 0 Å². The number of hydrogen-bond donors (Lipinski definition) is 4. The quantitative estimate of drug-likeness (QED) is 0.281. The number of carbonyl (C=O) groups excluding carboxylic acids is 2. The van der Waals surface area contributed by atoms with Gasteiger partial charge in [0.25, 0.3) is 11.8 Å². The zero-order valence-electron chi connectivity index (χ0n) is 7.33. The van der Waals surface area contributed by atoms with Crippen LogP contribution >= 0.6 is 0 Å². The van der Waals surface area contributed by atoms with Crippen LogP contribution in [0.3, 0.4) is 0 Å². The highest BCUT2D eigenvalue weighted by Crippen LogP contribution is 2.02. The monoisotopic (exact) mass is 208 g/mol. The molecule has 0 spiro atoms. The third kappa shape index (κ3) is 5.43. The Balaban J connectivity index is 3.48. The fraction of sp³-hybridized carbons (Fsp3) is 0.667. The third-order valence-corrected chi connectivity index (χ3v) is 1.48. The zero-order chi connectivity index (χ0) is 11.1. The van der Waals surface area contributed by atoms with Gasteiger partial charge in [-0.1, -0.05) is 10.5 Å². The van der Waals surface area contributed by atoms with E-state index in [-0.39, 0.29) is 25.7 Å². The molecule has 14 heavy (non-hydrogen) atoms. The van der Waals surface area contributed by atoms with Crippen LogP contribution in [0.25, 0.3) is 0 Å². The van der Waals surface area contributed by atoms with E-state index in [4.69, 9.17) is 20.8 Å². The van der Waals surface area contributed by atoms with Crippen molar-refractivity contribution in [2.24, 2.45) is 0 Å². The van der Waals surface area contributed by atoms with Crippen molar-refractivity contribution in [3.8, 4) is 0 Å². The van der Waals surface area contributed by atoms with Crippen LogP contribution in [0.5, 0.6) is 0 Å². The van der Waals surface area contributed by atoms with Gasteiger partial charge in [0.1, 0.15) is 0 Å². The van der Waals surface area contributed by atoms with Gasteiger partial charge in [0.15, 0.2) is 0 Å². The van der Waals surface area contributed by atoms with Crippen LogP contribution in [0.4, 0.5) is 0 Å². The molecule has 0 aromatic carbocycles. The van der Waals surface area contributed by atoms with Crippen molar-refractivity contribution < 1.29 is 30.4 Å². The molecule has 0 rings (SSSR count). The molecule has 0 bridgehead atoms. The van der Waals surface area contributed by atoms with Gasteiger partial charge >= 0.3 is 0 Å². The van der Waals surface area contributed by atoms with Gasteiger partial charge in [0, 0.05) is 12.8 Å². The van der Waals surface area contributed by atoms with Gasteiger partial charge in [-0.3, -0.25) is 30.4 Å². The summed E-state index contributed by atoms with van der Waals surface area (Å²) in [7, 11) is 0. The van der Waals surface area contributed by atoms with Crippen molar-refractivity contribution >= 4 is 11.8 Å². The summed E-state index contributed by atoms with van der Waals surface area (Å²) in [4.78, 5) is 21.1. The highest BCUT2D eigenvalue weighted by Gasteiger charge is 2.10. The SMILES string of the molecule is O=C(CCCCC(=O)N(O)O)N(O)O. The molecule has 4 N–H and O–H groups in total. The molecule has 0 aliphatic rings. The predicted molar refractivity (Wildman–Crippen MR) is 39.3 cm³/mol. The van der Waals surface area contributed by atoms with Crippen LogP contribution in [-0.4, -0.2) is 43.1 Å². The van der Waals surface area contributed by atoms with Crippen LogP contribution in [-0.2, 0) is 9.59 Å². The van der Waals surface area contributed by atoms with E-state index in [1.54, 1.807) is 0 Å². The minimum Gasteiger partial charge on any atom is -0.270 e. The number of nitrogens with zero attached hydrogens (tertiary/aromatic N) is 2. The average Bonchev–Trinajstić information content (AvgIpc) is 2.11. The molecule has 0 fully saturated rings. The van der Waals surface area contributed by atoms with Crippen LogP contribution in [0.15, 0.2) is 0 Å². The summed E-state index contributed by atoms with van der Waals surface area (Å²) >= 11 is 0. The fourth-order valence-electron chi connectivity index (χ4n) is 0.752. The first-order valence-electron chi connectivity index (χ1n) is 3.86. The Morgan fingerprint density at radius 1 is 0.786 bits per heavy atom. The molecular formula is C6H12N2O6. The Bertz CT molecular complexity index is 182. The van der Waals surface area contributed by atoms with E-state index in [0.29, 0.717) is 0 Å². The summed E-state index contributed by atoms with van der Waals surface area (Å²) in [5, 5.41) is 31.8. The van der Waals surface area contributed by atoms with Crippen molar-refractivity contribution in [1.82, 2.24) is 10.5 Å². The van der Waals surface area contributed by atoms with Crippen LogP contribution in [0.1, 0.15) is 25.7 Å². The molecular weight excluding hydrogens is 196 g/mol. The number of hydrogen-bond acceptors (Lipinski definition) is 6. The molecule has 8 nitrogen and oxygen atoms in total. The molecule has 0 aliphatic heterocycles. The van der Waals surface area contributed by atoms with Gasteiger partial charge in [-0.15, -0.1) is 0 Å². The fourth-order valence-corrected chi connectivity index (χ4v) is 0.752. The lowest BCUT2D eigenvalue weighted by molar-refractivity contribution is -0.286. The number of unbranched alkanes of at least 4 members (excludes halogenated alkanes) is 1. The smallest absolute Gasteiger partial charge is 0.270 e. The Labute approximate surface area is 79.4 Å². The van der Waals surface area contributed by atoms with Crippen molar-refractivity contribution in [3.05, 3.63) is 0 Å².